The van der Waals surface area contributed by atoms with E-state index >= 15 is 0 Å². The summed E-state index contributed by atoms with van der Waals surface area (Å²) in [7, 11) is 0. The van der Waals surface area contributed by atoms with Crippen LogP contribution in [0.4, 0.5) is 5.82 Å². The van der Waals surface area contributed by atoms with Gasteiger partial charge in [0.05, 0.1) is 18.6 Å². The zero-order valence-corrected chi connectivity index (χ0v) is 15.5. The third-order valence-electron chi connectivity index (χ3n) is 4.74. The van der Waals surface area contributed by atoms with Gasteiger partial charge < -0.3 is 15.3 Å². The molecular formula is C20H23N5O2. The van der Waals surface area contributed by atoms with Gasteiger partial charge in [0.1, 0.15) is 6.07 Å². The number of aliphatic hydroxyl groups is 1. The Balaban J connectivity index is 1.56. The van der Waals surface area contributed by atoms with Crippen molar-refractivity contribution in [3.63, 3.8) is 0 Å². The number of nitriles is 1. The summed E-state index contributed by atoms with van der Waals surface area (Å²) in [5.41, 5.74) is 2.43. The van der Waals surface area contributed by atoms with Gasteiger partial charge in [-0.1, -0.05) is 38.1 Å². The van der Waals surface area contributed by atoms with Gasteiger partial charge in [-0.15, -0.1) is 10.2 Å². The zero-order chi connectivity index (χ0) is 19.4. The molecule has 1 aliphatic rings. The molecule has 7 heteroatoms. The molecule has 1 aromatic heterocycles. The molecule has 0 radical (unpaired) electrons. The van der Waals surface area contributed by atoms with Crippen molar-refractivity contribution >= 4 is 11.7 Å². The molecule has 140 valence electrons. The second-order valence-electron chi connectivity index (χ2n) is 7.11. The van der Waals surface area contributed by atoms with Gasteiger partial charge in [-0.05, 0) is 29.2 Å². The third kappa shape index (κ3) is 4.60. The largest absolute Gasteiger partial charge is 0.389 e. The average molecular weight is 365 g/mol. The molecule has 1 saturated heterocycles. The topological polar surface area (TPSA) is 102 Å². The quantitative estimate of drug-likeness (QED) is 0.830. The van der Waals surface area contributed by atoms with Crippen molar-refractivity contribution in [1.82, 2.24) is 15.5 Å². The van der Waals surface area contributed by atoms with Gasteiger partial charge >= 0.3 is 0 Å². The Morgan fingerprint density at radius 2 is 2.00 bits per heavy atom. The van der Waals surface area contributed by atoms with Gasteiger partial charge in [0.25, 0.3) is 0 Å². The Morgan fingerprint density at radius 3 is 2.59 bits per heavy atom. The van der Waals surface area contributed by atoms with E-state index in [9.17, 15) is 9.90 Å². The van der Waals surface area contributed by atoms with E-state index in [4.69, 9.17) is 5.26 Å². The molecule has 1 aromatic carbocycles. The summed E-state index contributed by atoms with van der Waals surface area (Å²) < 4.78 is 0. The van der Waals surface area contributed by atoms with Crippen molar-refractivity contribution in [3.05, 3.63) is 53.2 Å². The summed E-state index contributed by atoms with van der Waals surface area (Å²) in [6, 6.07) is 12.9. The summed E-state index contributed by atoms with van der Waals surface area (Å²) in [6.07, 6.45) is -0.409. The van der Waals surface area contributed by atoms with Gasteiger partial charge in [-0.3, -0.25) is 4.79 Å². The van der Waals surface area contributed by atoms with Crippen molar-refractivity contribution < 1.29 is 9.90 Å². The molecule has 27 heavy (non-hydrogen) atoms. The van der Waals surface area contributed by atoms with Crippen LogP contribution in [-0.4, -0.2) is 46.4 Å². The highest BCUT2D eigenvalue weighted by Gasteiger charge is 2.33. The van der Waals surface area contributed by atoms with Crippen LogP contribution in [0.5, 0.6) is 0 Å². The number of rotatable bonds is 5. The molecule has 0 spiro atoms. The number of aromatic nitrogens is 2. The molecule has 2 atom stereocenters. The van der Waals surface area contributed by atoms with Crippen LogP contribution in [-0.2, 0) is 11.2 Å². The first kappa shape index (κ1) is 18.8. The predicted octanol–water partition coefficient (Wildman–Crippen LogP) is 1.38. The molecule has 3 rings (SSSR count). The Kier molecular flexibility index (Phi) is 5.67. The molecule has 1 amide bonds. The molecule has 2 aromatic rings. The molecule has 0 bridgehead atoms. The van der Waals surface area contributed by atoms with Crippen molar-refractivity contribution in [3.8, 4) is 6.07 Å². The fraction of sp³-hybridized carbons (Fsp3) is 0.400. The number of carbonyl (C=O) groups is 1. The molecule has 2 N–H and O–H groups in total. The van der Waals surface area contributed by atoms with Crippen molar-refractivity contribution in [2.45, 2.75) is 38.3 Å². The number of nitrogens with one attached hydrogen (secondary N) is 1. The first-order valence-corrected chi connectivity index (χ1v) is 9.01. The number of amides is 1. The molecular weight excluding hydrogens is 342 g/mol. The lowest BCUT2D eigenvalue weighted by molar-refractivity contribution is -0.121. The van der Waals surface area contributed by atoms with E-state index in [2.05, 4.69) is 29.4 Å². The molecule has 7 nitrogen and oxygen atoms in total. The van der Waals surface area contributed by atoms with Gasteiger partial charge in [0, 0.05) is 13.1 Å². The number of benzene rings is 1. The molecule has 0 aliphatic carbocycles. The normalized spacial score (nSPS) is 19.1. The summed E-state index contributed by atoms with van der Waals surface area (Å²) in [4.78, 5) is 14.2. The predicted molar refractivity (Wildman–Crippen MR) is 101 cm³/mol. The monoisotopic (exact) mass is 365 g/mol. The lowest BCUT2D eigenvalue weighted by Crippen LogP contribution is -2.43. The minimum absolute atomic E-state index is 0.121. The Bertz CT molecular complexity index is 827. The van der Waals surface area contributed by atoms with E-state index in [-0.39, 0.29) is 24.1 Å². The van der Waals surface area contributed by atoms with Crippen LogP contribution in [0, 0.1) is 11.3 Å². The number of aliphatic hydroxyl groups excluding tert-OH is 1. The van der Waals surface area contributed by atoms with Crippen LogP contribution in [0.2, 0.25) is 0 Å². The fourth-order valence-corrected chi connectivity index (χ4v) is 3.13. The second-order valence-corrected chi connectivity index (χ2v) is 7.11. The smallest absolute Gasteiger partial charge is 0.224 e. The van der Waals surface area contributed by atoms with Gasteiger partial charge in [-0.25, -0.2) is 0 Å². The highest BCUT2D eigenvalue weighted by Crippen LogP contribution is 2.18. The van der Waals surface area contributed by atoms with E-state index in [0.29, 0.717) is 24.8 Å². The SMILES string of the molecule is CC(C)c1ccc(CC(=O)N[C@@H]2CN(c3ccc(C#N)nn3)C[C@@H]2O)cc1. The highest BCUT2D eigenvalue weighted by atomic mass is 16.3. The van der Waals surface area contributed by atoms with Gasteiger partial charge in [-0.2, -0.15) is 5.26 Å². The lowest BCUT2D eigenvalue weighted by Gasteiger charge is -2.17. The van der Waals surface area contributed by atoms with E-state index in [0.717, 1.165) is 5.56 Å². The fourth-order valence-electron chi connectivity index (χ4n) is 3.13. The lowest BCUT2D eigenvalue weighted by atomic mass is 10.0. The van der Waals surface area contributed by atoms with Crippen LogP contribution in [0.3, 0.4) is 0 Å². The molecule has 0 unspecified atom stereocenters. The third-order valence-corrected chi connectivity index (χ3v) is 4.74. The summed E-state index contributed by atoms with van der Waals surface area (Å²) in [5.74, 6) is 0.913. The van der Waals surface area contributed by atoms with Gasteiger partial charge in [0.15, 0.2) is 11.5 Å². The Hall–Kier alpha value is -2.98. The van der Waals surface area contributed by atoms with E-state index < -0.39 is 6.10 Å². The van der Waals surface area contributed by atoms with Crippen LogP contribution >= 0.6 is 0 Å². The van der Waals surface area contributed by atoms with Crippen LogP contribution in [0.15, 0.2) is 36.4 Å². The van der Waals surface area contributed by atoms with E-state index in [1.165, 1.54) is 5.56 Å². The summed E-state index contributed by atoms with van der Waals surface area (Å²) in [6.45, 7) is 5.06. The minimum atomic E-state index is -0.685. The molecule has 1 fully saturated rings. The maximum atomic E-state index is 12.4. The number of β-amino-alcohol motifs (C(OH)–C–C–N with tert-alkyl or cyclic N) is 1. The van der Waals surface area contributed by atoms with Crippen molar-refractivity contribution in [1.29, 1.82) is 5.26 Å². The number of hydrogen-bond donors (Lipinski definition) is 2. The molecule has 0 saturated carbocycles. The summed E-state index contributed by atoms with van der Waals surface area (Å²) in [5, 5.41) is 29.8. The van der Waals surface area contributed by atoms with Crippen LogP contribution in [0.25, 0.3) is 0 Å². The van der Waals surface area contributed by atoms with E-state index in [1.807, 2.05) is 35.2 Å². The Labute approximate surface area is 158 Å². The van der Waals surface area contributed by atoms with E-state index in [1.54, 1.807) is 12.1 Å². The molecule has 2 heterocycles. The number of nitrogens with zero attached hydrogens (tertiary/aromatic N) is 4. The summed E-state index contributed by atoms with van der Waals surface area (Å²) >= 11 is 0. The number of carbonyl (C=O) groups excluding carboxylic acids is 1. The van der Waals surface area contributed by atoms with Crippen molar-refractivity contribution in [2.24, 2.45) is 0 Å². The maximum Gasteiger partial charge on any atom is 0.224 e. The highest BCUT2D eigenvalue weighted by molar-refractivity contribution is 5.79. The van der Waals surface area contributed by atoms with Crippen LogP contribution < -0.4 is 10.2 Å². The zero-order valence-electron chi connectivity index (χ0n) is 15.5. The standard InChI is InChI=1S/C20H23N5O2/c1-13(2)15-5-3-14(4-6-15)9-20(27)22-17-11-25(12-18(17)26)19-8-7-16(10-21)23-24-19/h3-8,13,17-18,26H,9,11-12H2,1-2H3,(H,22,27)/t17-,18+/m1/s1. The first-order chi connectivity index (χ1) is 13.0. The second kappa shape index (κ2) is 8.14. The molecule has 1 aliphatic heterocycles. The Morgan fingerprint density at radius 1 is 1.26 bits per heavy atom. The number of hydrogen-bond acceptors (Lipinski definition) is 6. The van der Waals surface area contributed by atoms with Crippen LogP contribution in [0.1, 0.15) is 36.6 Å². The number of anilines is 1. The van der Waals surface area contributed by atoms with Crippen molar-refractivity contribution in [2.75, 3.05) is 18.0 Å². The average Bonchev–Trinajstić information content (AvgIpc) is 3.02. The van der Waals surface area contributed by atoms with Gasteiger partial charge in [0.2, 0.25) is 5.91 Å². The first-order valence-electron chi connectivity index (χ1n) is 9.01. The maximum absolute atomic E-state index is 12.4. The minimum Gasteiger partial charge on any atom is -0.389 e.